The number of hydrogen-bond donors (Lipinski definition) is 0. The second-order valence-corrected chi connectivity index (χ2v) is 10.4. The molecule has 174 valence electrons. The third-order valence-electron chi connectivity index (χ3n) is 7.20. The highest BCUT2D eigenvalue weighted by atomic mass is 32.1. The van der Waals surface area contributed by atoms with E-state index in [1.165, 1.54) is 43.1 Å². The Morgan fingerprint density at radius 3 is 1.92 bits per heavy atom. The van der Waals surface area contributed by atoms with Gasteiger partial charge < -0.3 is 4.57 Å². The van der Waals surface area contributed by atoms with Crippen molar-refractivity contribution in [3.05, 3.63) is 128 Å². The van der Waals surface area contributed by atoms with E-state index in [2.05, 4.69) is 136 Å². The van der Waals surface area contributed by atoms with Gasteiger partial charge in [0.25, 0.3) is 0 Å². The SMILES string of the molecule is c1ccc(-c2ccc3c(c2)sc2nc(-c4ccc(-n5c6ccccc6c6ccccc65)cc4)cn23)cc1. The molecule has 37 heavy (non-hydrogen) atoms. The van der Waals surface area contributed by atoms with Crippen LogP contribution in [-0.4, -0.2) is 14.0 Å². The topological polar surface area (TPSA) is 22.2 Å². The average Bonchev–Trinajstić information content (AvgIpc) is 3.63. The second-order valence-electron chi connectivity index (χ2n) is 9.35. The first-order chi connectivity index (χ1) is 18.3. The molecule has 0 aliphatic rings. The summed E-state index contributed by atoms with van der Waals surface area (Å²) in [6.45, 7) is 0. The molecule has 8 rings (SSSR count). The predicted molar refractivity (Wildman–Crippen MR) is 156 cm³/mol. The van der Waals surface area contributed by atoms with Crippen LogP contribution in [0.15, 0.2) is 128 Å². The van der Waals surface area contributed by atoms with E-state index in [4.69, 9.17) is 4.98 Å². The third kappa shape index (κ3) is 3.16. The van der Waals surface area contributed by atoms with Crippen LogP contribution in [0, 0.1) is 0 Å². The van der Waals surface area contributed by atoms with Gasteiger partial charge in [-0.15, -0.1) is 0 Å². The molecule has 0 fully saturated rings. The summed E-state index contributed by atoms with van der Waals surface area (Å²) in [6, 6.07) is 43.2. The molecule has 3 nitrogen and oxygen atoms in total. The summed E-state index contributed by atoms with van der Waals surface area (Å²) in [5.74, 6) is 0. The summed E-state index contributed by atoms with van der Waals surface area (Å²) < 4.78 is 5.81. The van der Waals surface area contributed by atoms with Gasteiger partial charge in [0.2, 0.25) is 0 Å². The fourth-order valence-corrected chi connectivity index (χ4v) is 6.48. The molecule has 0 saturated heterocycles. The van der Waals surface area contributed by atoms with E-state index < -0.39 is 0 Å². The zero-order valence-electron chi connectivity index (χ0n) is 19.9. The normalized spacial score (nSPS) is 11.8. The van der Waals surface area contributed by atoms with Gasteiger partial charge in [0.05, 0.1) is 26.9 Å². The summed E-state index contributed by atoms with van der Waals surface area (Å²) in [5, 5.41) is 2.55. The highest BCUT2D eigenvalue weighted by molar-refractivity contribution is 7.23. The van der Waals surface area contributed by atoms with Crippen molar-refractivity contribution in [2.45, 2.75) is 0 Å². The van der Waals surface area contributed by atoms with Gasteiger partial charge in [-0.25, -0.2) is 4.98 Å². The number of benzene rings is 5. The first-order valence-corrected chi connectivity index (χ1v) is 13.2. The first kappa shape index (κ1) is 20.5. The number of hydrogen-bond acceptors (Lipinski definition) is 2. The van der Waals surface area contributed by atoms with Gasteiger partial charge in [-0.05, 0) is 47.5 Å². The van der Waals surface area contributed by atoms with Gasteiger partial charge in [0.15, 0.2) is 4.96 Å². The third-order valence-corrected chi connectivity index (χ3v) is 8.22. The minimum absolute atomic E-state index is 0.994. The molecule has 0 N–H and O–H groups in total. The van der Waals surface area contributed by atoms with Crippen molar-refractivity contribution in [3.63, 3.8) is 0 Å². The summed E-state index contributed by atoms with van der Waals surface area (Å²) in [5.41, 5.74) is 9.38. The van der Waals surface area contributed by atoms with E-state index in [1.807, 2.05) is 0 Å². The van der Waals surface area contributed by atoms with Crippen molar-refractivity contribution in [1.29, 1.82) is 0 Å². The molecule has 0 atom stereocenters. The Bertz CT molecular complexity index is 2020. The van der Waals surface area contributed by atoms with Crippen molar-refractivity contribution in [2.75, 3.05) is 0 Å². The number of thiazole rings is 1. The molecule has 4 heteroatoms. The molecular formula is C33H21N3S. The lowest BCUT2D eigenvalue weighted by Gasteiger charge is -2.08. The Balaban J connectivity index is 1.19. The van der Waals surface area contributed by atoms with Gasteiger partial charge in [-0.1, -0.05) is 96.3 Å². The molecule has 0 radical (unpaired) electrons. The summed E-state index contributed by atoms with van der Waals surface area (Å²) in [6.07, 6.45) is 2.16. The smallest absolute Gasteiger partial charge is 0.195 e. The summed E-state index contributed by atoms with van der Waals surface area (Å²) in [7, 11) is 0. The molecule has 0 spiro atoms. The molecular weight excluding hydrogens is 470 g/mol. The van der Waals surface area contributed by atoms with Gasteiger partial charge in [0, 0.05) is 28.2 Å². The zero-order valence-corrected chi connectivity index (χ0v) is 20.7. The Labute approximate surface area is 217 Å². The van der Waals surface area contributed by atoms with E-state index in [0.717, 1.165) is 21.9 Å². The van der Waals surface area contributed by atoms with E-state index in [0.29, 0.717) is 0 Å². The Kier molecular flexibility index (Phi) is 4.39. The standard InChI is InChI=1S/C33H21N3S/c1-2-8-22(9-3-1)24-16-19-31-32(20-24)37-33-34-28(21-35(31)33)23-14-17-25(18-15-23)36-29-12-6-4-10-26(29)27-11-5-7-13-30(27)36/h1-21H. The zero-order chi connectivity index (χ0) is 24.3. The van der Waals surface area contributed by atoms with E-state index in [9.17, 15) is 0 Å². The fraction of sp³-hybridized carbons (Fsp3) is 0. The van der Waals surface area contributed by atoms with Crippen molar-refractivity contribution < 1.29 is 0 Å². The summed E-state index contributed by atoms with van der Waals surface area (Å²) in [4.78, 5) is 6.01. The van der Waals surface area contributed by atoms with Crippen LogP contribution in [0.25, 0.3) is 65.1 Å². The molecule has 0 aliphatic heterocycles. The molecule has 0 unspecified atom stereocenters. The highest BCUT2D eigenvalue weighted by Crippen LogP contribution is 2.34. The molecule has 0 amide bonds. The summed E-state index contributed by atoms with van der Waals surface area (Å²) >= 11 is 1.74. The minimum Gasteiger partial charge on any atom is -0.309 e. The number of imidazole rings is 1. The Hall–Kier alpha value is -4.67. The molecule has 8 aromatic rings. The van der Waals surface area contributed by atoms with Crippen LogP contribution in [0.1, 0.15) is 0 Å². The maximum absolute atomic E-state index is 4.99. The predicted octanol–water partition coefficient (Wildman–Crippen LogP) is 8.98. The van der Waals surface area contributed by atoms with Crippen LogP contribution in [0.3, 0.4) is 0 Å². The molecule has 3 aromatic heterocycles. The van der Waals surface area contributed by atoms with Crippen LogP contribution < -0.4 is 0 Å². The van der Waals surface area contributed by atoms with Crippen LogP contribution in [0.4, 0.5) is 0 Å². The minimum atomic E-state index is 0.994. The lowest BCUT2D eigenvalue weighted by Crippen LogP contribution is -1.93. The van der Waals surface area contributed by atoms with Gasteiger partial charge >= 0.3 is 0 Å². The average molecular weight is 492 g/mol. The second kappa shape index (κ2) is 7.92. The lowest BCUT2D eigenvalue weighted by atomic mass is 10.1. The van der Waals surface area contributed by atoms with E-state index >= 15 is 0 Å². The van der Waals surface area contributed by atoms with Gasteiger partial charge in [-0.3, -0.25) is 4.40 Å². The molecule has 0 bridgehead atoms. The number of nitrogens with zero attached hydrogens (tertiary/aromatic N) is 3. The van der Waals surface area contributed by atoms with Crippen molar-refractivity contribution in [1.82, 2.24) is 14.0 Å². The highest BCUT2D eigenvalue weighted by Gasteiger charge is 2.14. The van der Waals surface area contributed by atoms with Crippen LogP contribution in [0.2, 0.25) is 0 Å². The van der Waals surface area contributed by atoms with Crippen molar-refractivity contribution in [2.24, 2.45) is 0 Å². The monoisotopic (exact) mass is 491 g/mol. The molecule has 3 heterocycles. The molecule has 0 aliphatic carbocycles. The molecule has 0 saturated carbocycles. The van der Waals surface area contributed by atoms with E-state index in [-0.39, 0.29) is 0 Å². The lowest BCUT2D eigenvalue weighted by molar-refractivity contribution is 1.18. The largest absolute Gasteiger partial charge is 0.309 e. The van der Waals surface area contributed by atoms with Crippen LogP contribution in [-0.2, 0) is 0 Å². The Morgan fingerprint density at radius 2 is 1.19 bits per heavy atom. The Morgan fingerprint density at radius 1 is 0.541 bits per heavy atom. The number of rotatable bonds is 3. The van der Waals surface area contributed by atoms with E-state index in [1.54, 1.807) is 11.3 Å². The number of aromatic nitrogens is 3. The van der Waals surface area contributed by atoms with Gasteiger partial charge in [0.1, 0.15) is 0 Å². The van der Waals surface area contributed by atoms with Crippen molar-refractivity contribution in [3.8, 4) is 28.1 Å². The quantitative estimate of drug-likeness (QED) is 0.242. The number of fused-ring (bicyclic) bond motifs is 6. The van der Waals surface area contributed by atoms with Crippen molar-refractivity contribution >= 4 is 48.3 Å². The molecule has 5 aromatic carbocycles. The van der Waals surface area contributed by atoms with Crippen LogP contribution >= 0.6 is 11.3 Å². The van der Waals surface area contributed by atoms with Crippen LogP contribution in [0.5, 0.6) is 0 Å². The maximum atomic E-state index is 4.99. The maximum Gasteiger partial charge on any atom is 0.195 e. The fourth-order valence-electron chi connectivity index (χ4n) is 5.43. The first-order valence-electron chi connectivity index (χ1n) is 12.4. The van der Waals surface area contributed by atoms with Gasteiger partial charge in [-0.2, -0.15) is 0 Å². The number of para-hydroxylation sites is 2.